The molecule has 2 nitrogen and oxygen atoms in total. The molecule has 1 unspecified atom stereocenters. The molecule has 1 aromatic rings. The number of para-hydroxylation sites is 1. The van der Waals surface area contributed by atoms with Gasteiger partial charge in [-0.05, 0) is 11.6 Å². The van der Waals surface area contributed by atoms with E-state index in [1.54, 1.807) is 0 Å². The highest BCUT2D eigenvalue weighted by Gasteiger charge is 2.47. The standard InChI is InChI=1S/C12H15NO/c1-12(2)9-5-3-4-6-10(9)13-7-8-14-11(12)13/h3-6,11H,7-8H2,1-2H3. The summed E-state index contributed by atoms with van der Waals surface area (Å²) in [5.41, 5.74) is 2.91. The second-order valence-corrected chi connectivity index (χ2v) is 4.66. The summed E-state index contributed by atoms with van der Waals surface area (Å²) in [5, 5.41) is 0. The SMILES string of the molecule is CC1(C)c2ccccc2N2CCOC21. The van der Waals surface area contributed by atoms with Crippen molar-refractivity contribution >= 4 is 5.69 Å². The van der Waals surface area contributed by atoms with E-state index >= 15 is 0 Å². The third-order valence-corrected chi connectivity index (χ3v) is 3.42. The zero-order valence-electron chi connectivity index (χ0n) is 8.66. The van der Waals surface area contributed by atoms with E-state index in [1.807, 2.05) is 0 Å². The fourth-order valence-electron chi connectivity index (χ4n) is 2.72. The molecule has 2 heterocycles. The highest BCUT2D eigenvalue weighted by atomic mass is 16.5. The molecule has 3 rings (SSSR count). The highest BCUT2D eigenvalue weighted by Crippen LogP contribution is 2.46. The summed E-state index contributed by atoms with van der Waals surface area (Å²) >= 11 is 0. The third kappa shape index (κ3) is 0.845. The first-order chi connectivity index (χ1) is 6.71. The smallest absolute Gasteiger partial charge is 0.139 e. The summed E-state index contributed by atoms with van der Waals surface area (Å²) in [4.78, 5) is 2.38. The Balaban J connectivity index is 2.20. The summed E-state index contributed by atoms with van der Waals surface area (Å²) in [5.74, 6) is 0. The molecule has 0 saturated carbocycles. The molecular weight excluding hydrogens is 174 g/mol. The van der Waals surface area contributed by atoms with Crippen molar-refractivity contribution in [2.45, 2.75) is 25.5 Å². The molecule has 2 aliphatic heterocycles. The van der Waals surface area contributed by atoms with Gasteiger partial charge in [0.2, 0.25) is 0 Å². The van der Waals surface area contributed by atoms with Crippen molar-refractivity contribution in [3.8, 4) is 0 Å². The minimum absolute atomic E-state index is 0.132. The molecule has 2 aliphatic rings. The lowest BCUT2D eigenvalue weighted by Crippen LogP contribution is -2.37. The van der Waals surface area contributed by atoms with Crippen LogP contribution in [0, 0.1) is 0 Å². The third-order valence-electron chi connectivity index (χ3n) is 3.42. The number of hydrogen-bond acceptors (Lipinski definition) is 2. The zero-order chi connectivity index (χ0) is 9.76. The summed E-state index contributed by atoms with van der Waals surface area (Å²) in [6.45, 7) is 6.43. The lowest BCUT2D eigenvalue weighted by atomic mass is 9.85. The zero-order valence-corrected chi connectivity index (χ0v) is 8.66. The number of anilines is 1. The summed E-state index contributed by atoms with van der Waals surface area (Å²) in [6, 6.07) is 8.64. The van der Waals surface area contributed by atoms with Crippen LogP contribution in [-0.2, 0) is 10.2 Å². The Kier molecular flexibility index (Phi) is 1.49. The first-order valence-corrected chi connectivity index (χ1v) is 5.19. The van der Waals surface area contributed by atoms with Crippen LogP contribution in [0.1, 0.15) is 19.4 Å². The van der Waals surface area contributed by atoms with Gasteiger partial charge in [0.05, 0.1) is 6.61 Å². The largest absolute Gasteiger partial charge is 0.356 e. The Bertz CT molecular complexity index is 372. The molecule has 0 radical (unpaired) electrons. The molecule has 1 aromatic carbocycles. The van der Waals surface area contributed by atoms with Crippen LogP contribution in [0.25, 0.3) is 0 Å². The number of ether oxygens (including phenoxy) is 1. The molecule has 2 heteroatoms. The Morgan fingerprint density at radius 1 is 1.36 bits per heavy atom. The Hall–Kier alpha value is -1.02. The summed E-state index contributed by atoms with van der Waals surface area (Å²) in [6.07, 6.45) is 0.250. The maximum absolute atomic E-state index is 5.80. The van der Waals surface area contributed by atoms with Crippen LogP contribution in [0.2, 0.25) is 0 Å². The van der Waals surface area contributed by atoms with E-state index in [9.17, 15) is 0 Å². The van der Waals surface area contributed by atoms with Crippen molar-refractivity contribution in [3.05, 3.63) is 29.8 Å². The van der Waals surface area contributed by atoms with Crippen molar-refractivity contribution in [3.63, 3.8) is 0 Å². The van der Waals surface area contributed by atoms with Crippen LogP contribution in [-0.4, -0.2) is 19.4 Å². The Morgan fingerprint density at radius 2 is 2.14 bits per heavy atom. The van der Waals surface area contributed by atoms with E-state index < -0.39 is 0 Å². The molecule has 0 spiro atoms. The average molecular weight is 189 g/mol. The van der Waals surface area contributed by atoms with Gasteiger partial charge in [0.1, 0.15) is 6.23 Å². The van der Waals surface area contributed by atoms with Crippen LogP contribution in [0.5, 0.6) is 0 Å². The van der Waals surface area contributed by atoms with Crippen molar-refractivity contribution in [2.75, 3.05) is 18.1 Å². The van der Waals surface area contributed by atoms with E-state index in [2.05, 4.69) is 43.0 Å². The quantitative estimate of drug-likeness (QED) is 0.620. The van der Waals surface area contributed by atoms with Crippen molar-refractivity contribution in [1.82, 2.24) is 0 Å². The molecule has 0 N–H and O–H groups in total. The molecule has 0 aliphatic carbocycles. The van der Waals surface area contributed by atoms with Gasteiger partial charge < -0.3 is 9.64 Å². The fourth-order valence-corrected chi connectivity index (χ4v) is 2.72. The Labute approximate surface area is 84.5 Å². The van der Waals surface area contributed by atoms with Gasteiger partial charge in [0.15, 0.2) is 0 Å². The number of rotatable bonds is 0. The molecule has 1 atom stereocenters. The van der Waals surface area contributed by atoms with Crippen LogP contribution in [0.3, 0.4) is 0 Å². The molecular formula is C12H15NO. The fraction of sp³-hybridized carbons (Fsp3) is 0.500. The summed E-state index contributed by atoms with van der Waals surface area (Å²) < 4.78 is 5.80. The lowest BCUT2D eigenvalue weighted by Gasteiger charge is -2.26. The predicted octanol–water partition coefficient (Wildman–Crippen LogP) is 2.14. The van der Waals surface area contributed by atoms with E-state index in [1.165, 1.54) is 11.3 Å². The molecule has 0 bridgehead atoms. The molecule has 74 valence electrons. The number of hydrogen-bond donors (Lipinski definition) is 0. The highest BCUT2D eigenvalue weighted by molar-refractivity contribution is 5.63. The lowest BCUT2D eigenvalue weighted by molar-refractivity contribution is 0.0666. The van der Waals surface area contributed by atoms with Crippen molar-refractivity contribution in [2.24, 2.45) is 0 Å². The van der Waals surface area contributed by atoms with Gasteiger partial charge in [-0.3, -0.25) is 0 Å². The predicted molar refractivity (Wildman–Crippen MR) is 56.6 cm³/mol. The molecule has 0 amide bonds. The number of benzene rings is 1. The second-order valence-electron chi connectivity index (χ2n) is 4.66. The first-order valence-electron chi connectivity index (χ1n) is 5.19. The van der Waals surface area contributed by atoms with Gasteiger partial charge in [-0.2, -0.15) is 0 Å². The van der Waals surface area contributed by atoms with E-state index in [0.717, 1.165) is 13.2 Å². The first kappa shape index (κ1) is 8.30. The monoisotopic (exact) mass is 189 g/mol. The van der Waals surface area contributed by atoms with Gasteiger partial charge in [0, 0.05) is 17.6 Å². The molecule has 14 heavy (non-hydrogen) atoms. The maximum Gasteiger partial charge on any atom is 0.139 e. The van der Waals surface area contributed by atoms with Crippen molar-refractivity contribution < 1.29 is 4.74 Å². The van der Waals surface area contributed by atoms with Gasteiger partial charge in [-0.25, -0.2) is 0 Å². The van der Waals surface area contributed by atoms with Crippen LogP contribution in [0.4, 0.5) is 5.69 Å². The average Bonchev–Trinajstić information content (AvgIpc) is 2.72. The molecule has 1 fully saturated rings. The van der Waals surface area contributed by atoms with E-state index in [-0.39, 0.29) is 11.6 Å². The molecule has 0 aromatic heterocycles. The number of fused-ring (bicyclic) bond motifs is 3. The van der Waals surface area contributed by atoms with Crippen molar-refractivity contribution in [1.29, 1.82) is 0 Å². The second kappa shape index (κ2) is 2.51. The minimum atomic E-state index is 0.132. The van der Waals surface area contributed by atoms with Crippen LogP contribution in [0.15, 0.2) is 24.3 Å². The normalized spacial score (nSPS) is 27.6. The van der Waals surface area contributed by atoms with Gasteiger partial charge in [-0.15, -0.1) is 0 Å². The Morgan fingerprint density at radius 3 is 3.00 bits per heavy atom. The topological polar surface area (TPSA) is 12.5 Å². The minimum Gasteiger partial charge on any atom is -0.356 e. The van der Waals surface area contributed by atoms with Crippen LogP contribution >= 0.6 is 0 Å². The van der Waals surface area contributed by atoms with Gasteiger partial charge in [0.25, 0.3) is 0 Å². The van der Waals surface area contributed by atoms with Gasteiger partial charge in [-0.1, -0.05) is 32.0 Å². The van der Waals surface area contributed by atoms with E-state index in [4.69, 9.17) is 4.74 Å². The summed E-state index contributed by atoms with van der Waals surface area (Å²) in [7, 11) is 0. The van der Waals surface area contributed by atoms with Gasteiger partial charge >= 0.3 is 0 Å². The molecule has 1 saturated heterocycles. The number of nitrogens with zero attached hydrogens (tertiary/aromatic N) is 1. The van der Waals surface area contributed by atoms with Crippen LogP contribution < -0.4 is 4.90 Å². The maximum atomic E-state index is 5.80. The van der Waals surface area contributed by atoms with E-state index in [0.29, 0.717) is 0 Å².